The molecule has 1 saturated heterocycles. The van der Waals surface area contributed by atoms with E-state index in [0.717, 1.165) is 30.5 Å². The number of benzene rings is 1. The van der Waals surface area contributed by atoms with E-state index in [1.165, 1.54) is 22.2 Å². The number of imide groups is 1. The largest absolute Gasteiger partial charge is 0.399 e. The second-order valence-corrected chi connectivity index (χ2v) is 6.00. The molecule has 5 heteroatoms. The van der Waals surface area contributed by atoms with Crippen molar-refractivity contribution < 1.29 is 9.59 Å². The Morgan fingerprint density at radius 3 is 2.68 bits per heavy atom. The van der Waals surface area contributed by atoms with Gasteiger partial charge in [0.15, 0.2) is 0 Å². The molecule has 2 amide bonds. The molecule has 1 atom stereocenters. The molecule has 2 N–H and O–H groups in total. The van der Waals surface area contributed by atoms with E-state index in [9.17, 15) is 9.59 Å². The van der Waals surface area contributed by atoms with Crippen LogP contribution >= 0.6 is 11.8 Å². The molecule has 0 radical (unpaired) electrons. The van der Waals surface area contributed by atoms with Crippen molar-refractivity contribution in [1.29, 1.82) is 0 Å². The molecule has 1 aliphatic heterocycles. The third-order valence-corrected chi connectivity index (χ3v) is 4.65. The molecular weight excluding hydrogens is 260 g/mol. The summed E-state index contributed by atoms with van der Waals surface area (Å²) in [5.41, 5.74) is 8.82. The lowest BCUT2D eigenvalue weighted by atomic mass is 9.86. The number of nitrogens with zero attached hydrogens (tertiary/aromatic N) is 1. The summed E-state index contributed by atoms with van der Waals surface area (Å²) in [6.07, 6.45) is 2.83. The van der Waals surface area contributed by atoms with Gasteiger partial charge in [0.05, 0.1) is 17.5 Å². The summed E-state index contributed by atoms with van der Waals surface area (Å²) in [5.74, 6) is 0.700. The summed E-state index contributed by atoms with van der Waals surface area (Å²) in [7, 11) is 0. The average molecular weight is 276 g/mol. The fourth-order valence-electron chi connectivity index (χ4n) is 2.93. The maximum absolute atomic E-state index is 12.0. The zero-order chi connectivity index (χ0) is 13.4. The van der Waals surface area contributed by atoms with Gasteiger partial charge in [-0.2, -0.15) is 0 Å². The van der Waals surface area contributed by atoms with Crippen LogP contribution in [0, 0.1) is 0 Å². The molecule has 1 aromatic carbocycles. The molecule has 1 aromatic rings. The van der Waals surface area contributed by atoms with Crippen LogP contribution in [0.5, 0.6) is 0 Å². The number of carbonyl (C=O) groups excluding carboxylic acids is 2. The van der Waals surface area contributed by atoms with Gasteiger partial charge in [0.25, 0.3) is 0 Å². The predicted molar refractivity (Wildman–Crippen MR) is 75.7 cm³/mol. The number of nitrogens with two attached hydrogens (primary N) is 1. The lowest BCUT2D eigenvalue weighted by molar-refractivity contribution is -0.145. The molecule has 0 saturated carbocycles. The zero-order valence-electron chi connectivity index (χ0n) is 10.6. The molecule has 1 aliphatic carbocycles. The van der Waals surface area contributed by atoms with E-state index >= 15 is 0 Å². The van der Waals surface area contributed by atoms with Crippen LogP contribution in [0.1, 0.15) is 30.0 Å². The number of aryl methyl sites for hydroxylation is 1. The van der Waals surface area contributed by atoms with E-state index in [2.05, 4.69) is 0 Å². The van der Waals surface area contributed by atoms with E-state index < -0.39 is 0 Å². The molecule has 4 nitrogen and oxygen atoms in total. The molecule has 1 heterocycles. The average Bonchev–Trinajstić information content (AvgIpc) is 2.38. The van der Waals surface area contributed by atoms with E-state index in [1.807, 2.05) is 18.2 Å². The number of rotatable bonds is 1. The molecule has 100 valence electrons. The first-order valence-electron chi connectivity index (χ1n) is 6.48. The quantitative estimate of drug-likeness (QED) is 0.627. The first-order chi connectivity index (χ1) is 9.16. The highest BCUT2D eigenvalue weighted by molar-refractivity contribution is 8.00. The van der Waals surface area contributed by atoms with Gasteiger partial charge in [-0.1, -0.05) is 6.07 Å². The molecule has 3 rings (SSSR count). The van der Waals surface area contributed by atoms with Crippen LogP contribution in [0.4, 0.5) is 5.69 Å². The highest BCUT2D eigenvalue weighted by atomic mass is 32.2. The van der Waals surface area contributed by atoms with E-state index in [1.54, 1.807) is 0 Å². The Morgan fingerprint density at radius 2 is 1.95 bits per heavy atom. The first kappa shape index (κ1) is 12.5. The first-order valence-corrected chi connectivity index (χ1v) is 7.63. The number of carbonyl (C=O) groups is 2. The Balaban J connectivity index is 1.98. The van der Waals surface area contributed by atoms with Gasteiger partial charge in [-0.05, 0) is 42.5 Å². The number of hydrogen-bond donors (Lipinski definition) is 1. The minimum atomic E-state index is -0.0924. The summed E-state index contributed by atoms with van der Waals surface area (Å²) in [6, 6.07) is 5.70. The molecule has 2 aliphatic rings. The van der Waals surface area contributed by atoms with Crippen molar-refractivity contribution >= 4 is 29.3 Å². The Bertz CT molecular complexity index is 528. The fraction of sp³-hybridized carbons (Fsp3) is 0.429. The van der Waals surface area contributed by atoms with Gasteiger partial charge in [-0.25, -0.2) is 0 Å². The smallest absolute Gasteiger partial charge is 0.239 e. The summed E-state index contributed by atoms with van der Waals surface area (Å²) in [5, 5.41) is 0. The molecule has 0 aromatic heterocycles. The third kappa shape index (κ3) is 2.23. The number of thioether (sulfide) groups is 1. The molecule has 19 heavy (non-hydrogen) atoms. The standard InChI is InChI=1S/C14H16N2O2S/c15-10-4-5-11-9(6-10)2-1-3-12(11)16-13(17)7-19-8-14(16)18/h4-6,12H,1-3,7-8,15H2. The summed E-state index contributed by atoms with van der Waals surface area (Å²) in [4.78, 5) is 25.6. The SMILES string of the molecule is Nc1ccc2c(c1)CCCC2N1C(=O)CSCC1=O. The Kier molecular flexibility index (Phi) is 3.22. The fourth-order valence-corrected chi connectivity index (χ4v) is 3.66. The van der Waals surface area contributed by atoms with Crippen molar-refractivity contribution in [3.05, 3.63) is 29.3 Å². The Morgan fingerprint density at radius 1 is 1.21 bits per heavy atom. The summed E-state index contributed by atoms with van der Waals surface area (Å²) >= 11 is 1.40. The number of hydrogen-bond acceptors (Lipinski definition) is 4. The monoisotopic (exact) mass is 276 g/mol. The van der Waals surface area contributed by atoms with Crippen molar-refractivity contribution in [3.8, 4) is 0 Å². The molecular formula is C14H16N2O2S. The molecule has 1 fully saturated rings. The maximum atomic E-state index is 12.0. The maximum Gasteiger partial charge on any atom is 0.239 e. The van der Waals surface area contributed by atoms with E-state index in [0.29, 0.717) is 11.5 Å². The Labute approximate surface area is 116 Å². The van der Waals surface area contributed by atoms with Crippen molar-refractivity contribution in [3.63, 3.8) is 0 Å². The number of amides is 2. The molecule has 0 spiro atoms. The Hall–Kier alpha value is -1.49. The molecule has 0 bridgehead atoms. The second-order valence-electron chi connectivity index (χ2n) is 5.02. The highest BCUT2D eigenvalue weighted by Gasteiger charge is 2.35. The predicted octanol–water partition coefficient (Wildman–Crippen LogP) is 1.75. The second kappa shape index (κ2) is 4.89. The molecule has 1 unspecified atom stereocenters. The van der Waals surface area contributed by atoms with Gasteiger partial charge in [0.2, 0.25) is 11.8 Å². The van der Waals surface area contributed by atoms with Crippen LogP contribution in [-0.2, 0) is 16.0 Å². The minimum Gasteiger partial charge on any atom is -0.399 e. The summed E-state index contributed by atoms with van der Waals surface area (Å²) in [6.45, 7) is 0. The van der Waals surface area contributed by atoms with E-state index in [4.69, 9.17) is 5.73 Å². The lowest BCUT2D eigenvalue weighted by Gasteiger charge is -2.36. The van der Waals surface area contributed by atoms with Crippen molar-refractivity contribution in [2.24, 2.45) is 0 Å². The van der Waals surface area contributed by atoms with Crippen molar-refractivity contribution in [1.82, 2.24) is 4.90 Å². The van der Waals surface area contributed by atoms with Crippen LogP contribution in [0.3, 0.4) is 0 Å². The highest BCUT2D eigenvalue weighted by Crippen LogP contribution is 2.36. The van der Waals surface area contributed by atoms with Crippen LogP contribution < -0.4 is 5.73 Å². The third-order valence-electron chi connectivity index (χ3n) is 3.75. The normalized spacial score (nSPS) is 23.4. The van der Waals surface area contributed by atoms with Gasteiger partial charge >= 0.3 is 0 Å². The van der Waals surface area contributed by atoms with Crippen LogP contribution in [0.2, 0.25) is 0 Å². The van der Waals surface area contributed by atoms with Gasteiger partial charge in [-0.15, -0.1) is 11.8 Å². The number of nitrogen functional groups attached to an aromatic ring is 1. The minimum absolute atomic E-state index is 0.0593. The van der Waals surface area contributed by atoms with Crippen LogP contribution in [0.15, 0.2) is 18.2 Å². The van der Waals surface area contributed by atoms with Crippen molar-refractivity contribution in [2.45, 2.75) is 25.3 Å². The van der Waals surface area contributed by atoms with Gasteiger partial charge in [-0.3, -0.25) is 14.5 Å². The topological polar surface area (TPSA) is 63.4 Å². The zero-order valence-corrected chi connectivity index (χ0v) is 11.4. The van der Waals surface area contributed by atoms with Crippen LogP contribution in [0.25, 0.3) is 0 Å². The van der Waals surface area contributed by atoms with Gasteiger partial charge in [0.1, 0.15) is 0 Å². The lowest BCUT2D eigenvalue weighted by Crippen LogP contribution is -2.46. The number of fused-ring (bicyclic) bond motifs is 1. The van der Waals surface area contributed by atoms with Crippen molar-refractivity contribution in [2.75, 3.05) is 17.2 Å². The van der Waals surface area contributed by atoms with Gasteiger partial charge < -0.3 is 5.73 Å². The number of anilines is 1. The van der Waals surface area contributed by atoms with Crippen LogP contribution in [-0.4, -0.2) is 28.2 Å². The van der Waals surface area contributed by atoms with E-state index in [-0.39, 0.29) is 17.9 Å². The summed E-state index contributed by atoms with van der Waals surface area (Å²) < 4.78 is 0. The van der Waals surface area contributed by atoms with Gasteiger partial charge in [0, 0.05) is 5.69 Å².